The van der Waals surface area contributed by atoms with E-state index in [1.165, 1.54) is 0 Å². The number of epoxide rings is 4. The van der Waals surface area contributed by atoms with Gasteiger partial charge in [-0.2, -0.15) is 0 Å². The first kappa shape index (κ1) is 67.9. The van der Waals surface area contributed by atoms with Crippen molar-refractivity contribution in [2.24, 2.45) is 0 Å². The molecule has 8 heterocycles. The number of hydrogen-bond donors (Lipinski definition) is 0. The van der Waals surface area contributed by atoms with E-state index in [1.54, 1.807) is 122 Å². The van der Waals surface area contributed by atoms with Crippen LogP contribution in [0.15, 0.2) is 170 Å². The lowest BCUT2D eigenvalue weighted by molar-refractivity contribution is -0.149. The van der Waals surface area contributed by atoms with E-state index < -0.39 is 47.7 Å². The summed E-state index contributed by atoms with van der Waals surface area (Å²) < 4.78 is 63.6. The second kappa shape index (κ2) is 28.3. The van der Waals surface area contributed by atoms with Crippen LogP contribution in [0.2, 0.25) is 0 Å². The van der Waals surface area contributed by atoms with Crippen LogP contribution in [-0.4, -0.2) is 181 Å². The van der Waals surface area contributed by atoms with Gasteiger partial charge in [0.05, 0.1) is 73.1 Å². The highest BCUT2D eigenvalue weighted by atomic mass is 16.6. The number of ether oxygens (including phenoxy) is 10. The molecule has 11 aromatic rings. The average Bonchev–Trinajstić information content (AvgIpc) is 0.805. The molecule has 0 aliphatic carbocycles. The zero-order valence-corrected chi connectivity index (χ0v) is 58.7. The Morgan fingerprint density at radius 3 is 0.925 bits per heavy atom. The highest BCUT2D eigenvalue weighted by molar-refractivity contribution is 6.45. The van der Waals surface area contributed by atoms with Crippen LogP contribution in [0.25, 0.3) is 43.1 Å². The monoisotopic (exact) mass is 1420 g/mol. The Bertz CT molecular complexity index is 4680. The summed E-state index contributed by atoms with van der Waals surface area (Å²) in [7, 11) is 0. The highest BCUT2D eigenvalue weighted by Crippen LogP contribution is 2.58. The number of fused-ring (bicyclic) bond motifs is 2. The Labute approximate surface area is 609 Å². The van der Waals surface area contributed by atoms with Gasteiger partial charge in [0.1, 0.15) is 71.3 Å². The van der Waals surface area contributed by atoms with Crippen molar-refractivity contribution in [3.05, 3.63) is 226 Å². The summed E-state index contributed by atoms with van der Waals surface area (Å²) in [4.78, 5) is 111. The molecule has 6 unspecified atom stereocenters. The van der Waals surface area contributed by atoms with Crippen molar-refractivity contribution < 1.29 is 76.1 Å². The van der Waals surface area contributed by atoms with Crippen molar-refractivity contribution in [1.82, 2.24) is 29.6 Å². The first-order valence-corrected chi connectivity index (χ1v) is 35.7. The van der Waals surface area contributed by atoms with Crippen molar-refractivity contribution in [2.75, 3.05) is 78.9 Å². The van der Waals surface area contributed by atoms with Gasteiger partial charge in [-0.05, 0) is 124 Å². The van der Waals surface area contributed by atoms with E-state index in [0.29, 0.717) is 99.8 Å². The molecule has 22 heteroatoms. The van der Waals surface area contributed by atoms with Crippen LogP contribution < -0.4 is 18.9 Å². The zero-order valence-electron chi connectivity index (χ0n) is 58.7. The van der Waals surface area contributed by atoms with Crippen molar-refractivity contribution in [2.45, 2.75) is 77.0 Å². The zero-order chi connectivity index (χ0) is 72.4. The second-order valence-corrected chi connectivity index (χ2v) is 28.1. The van der Waals surface area contributed by atoms with Crippen molar-refractivity contribution in [1.29, 1.82) is 0 Å². The van der Waals surface area contributed by atoms with E-state index in [0.717, 1.165) is 32.1 Å². The number of aromatic nitrogens is 2. The van der Waals surface area contributed by atoms with Crippen LogP contribution in [0.3, 0.4) is 0 Å². The molecule has 22 nitrogen and oxygen atoms in total. The molecule has 17 rings (SSSR count). The lowest BCUT2D eigenvalue weighted by Gasteiger charge is -2.35. The maximum atomic E-state index is 16.5. The fourth-order valence-electron chi connectivity index (χ4n) is 14.5. The minimum atomic E-state index is -1.54. The highest BCUT2D eigenvalue weighted by Gasteiger charge is 2.48. The quantitative estimate of drug-likeness (QED) is 0.0133. The molecule has 4 saturated heterocycles. The maximum absolute atomic E-state index is 16.5. The number of benzene rings is 9. The number of esters is 2. The number of amides is 4. The van der Waals surface area contributed by atoms with Crippen molar-refractivity contribution in [3.8, 4) is 46.0 Å². The predicted molar refractivity (Wildman–Crippen MR) is 391 cm³/mol. The number of rotatable bonds is 30. The number of nitrogens with zero attached hydrogens (tertiary/aromatic N) is 6. The number of hydrogen-bond acceptors (Lipinski definition) is 20. The summed E-state index contributed by atoms with van der Waals surface area (Å²) in [6.07, 6.45) is 6.22. The van der Waals surface area contributed by atoms with E-state index in [-0.39, 0.29) is 139 Å². The molecule has 4 amide bonds. The third-order valence-corrected chi connectivity index (χ3v) is 20.2. The summed E-state index contributed by atoms with van der Waals surface area (Å²) >= 11 is 0. The fourth-order valence-corrected chi connectivity index (χ4v) is 14.5. The van der Waals surface area contributed by atoms with Crippen LogP contribution in [0.5, 0.6) is 46.0 Å². The normalized spacial score (nSPS) is 18.3. The molecule has 6 aliphatic heterocycles. The maximum Gasteiger partial charge on any atom is 0.329 e. The first-order valence-electron chi connectivity index (χ1n) is 35.7. The van der Waals surface area contributed by atoms with Crippen molar-refractivity contribution >= 4 is 78.7 Å². The third-order valence-electron chi connectivity index (χ3n) is 20.2. The molecule has 4 fully saturated rings. The molecule has 0 saturated carbocycles. The Hall–Kier alpha value is -11.2. The molecule has 0 spiro atoms. The van der Waals surface area contributed by atoms with Gasteiger partial charge >= 0.3 is 11.9 Å². The number of carbonyl (C=O) groups excluding carboxylic acids is 6. The molecule has 536 valence electrons. The third kappa shape index (κ3) is 13.9. The van der Waals surface area contributed by atoms with Crippen LogP contribution in [0.1, 0.15) is 74.8 Å². The lowest BCUT2D eigenvalue weighted by Crippen LogP contribution is -2.52. The first-order chi connectivity index (χ1) is 51.6. The Morgan fingerprint density at radius 2 is 0.679 bits per heavy atom. The number of pyridine rings is 2. The van der Waals surface area contributed by atoms with Crippen molar-refractivity contribution in [3.63, 3.8) is 0 Å². The predicted octanol–water partition coefficient (Wildman–Crippen LogP) is 12.6. The van der Waals surface area contributed by atoms with E-state index in [1.807, 2.05) is 76.2 Å². The van der Waals surface area contributed by atoms with E-state index in [9.17, 15) is 0 Å². The largest absolute Gasteiger partial charge is 0.463 e. The smallest absolute Gasteiger partial charge is 0.329 e. The van der Waals surface area contributed by atoms with E-state index >= 15 is 28.8 Å². The summed E-state index contributed by atoms with van der Waals surface area (Å²) in [6.45, 7) is 13.2. The number of imide groups is 2. The summed E-state index contributed by atoms with van der Waals surface area (Å²) in [5.74, 6) is -3.33. The summed E-state index contributed by atoms with van der Waals surface area (Å²) in [6, 6.07) is 39.6. The van der Waals surface area contributed by atoms with Gasteiger partial charge in [-0.3, -0.25) is 48.7 Å². The Kier molecular flexibility index (Phi) is 18.1. The second-order valence-electron chi connectivity index (χ2n) is 28.1. The van der Waals surface area contributed by atoms with Crippen LogP contribution in [0, 0.1) is 27.7 Å². The van der Waals surface area contributed by atoms with E-state index in [4.69, 9.17) is 47.4 Å². The van der Waals surface area contributed by atoms with Crippen LogP contribution in [-0.2, 0) is 50.9 Å². The number of aryl methyl sites for hydroxylation is 4. The molecule has 0 N–H and O–H groups in total. The molecule has 106 heavy (non-hydrogen) atoms. The lowest BCUT2D eigenvalue weighted by atomic mass is 9.80. The summed E-state index contributed by atoms with van der Waals surface area (Å²) in [5, 5.41) is 1.98. The molecule has 2 aromatic heterocycles. The molecule has 6 atom stereocenters. The van der Waals surface area contributed by atoms with Gasteiger partial charge in [0.2, 0.25) is 0 Å². The van der Waals surface area contributed by atoms with Gasteiger partial charge in [0.25, 0.3) is 23.6 Å². The van der Waals surface area contributed by atoms with Crippen LogP contribution >= 0.6 is 0 Å². The standard InChI is InChI=1S/C84H74N6O16/c1-47-9-17-53(18-10-47)103-67-33-61-71-62(80(92)89(79(61)91)65(31-51-7-5-25-85-37-51)83(95)97-29-27-87(39-57-43-99-57)40-58-44-100-58)35-69(105-55-21-13-49(3)14-22-55)75-76-70(106-56-23-15-50(4)16-24-56)36-64-72-63(34-68(74(78(72)76)73(67)77(71)75)104-54-19-11-48(2)12-20-54)81(93)90(82(64)94)66(32-52-8-6-26-86-38-52)84(96)98-30-28-88(41-59-45-101-59)42-60-46-102-60/h5-26,33-38,57-60,65-66H,27-32,39-46H2,1-4H3. The van der Waals surface area contributed by atoms with Gasteiger partial charge in [-0.15, -0.1) is 0 Å². The van der Waals surface area contributed by atoms with Gasteiger partial charge in [0.15, 0.2) is 0 Å². The molecular formula is C84H74N6O16. The molecular weight excluding hydrogens is 1350 g/mol. The summed E-state index contributed by atoms with van der Waals surface area (Å²) in [5.41, 5.74) is 4.73. The molecule has 0 bridgehead atoms. The Morgan fingerprint density at radius 1 is 0.406 bits per heavy atom. The molecule has 0 radical (unpaired) electrons. The minimum absolute atomic E-state index is 0.0206. The minimum Gasteiger partial charge on any atom is -0.463 e. The van der Waals surface area contributed by atoms with Crippen LogP contribution in [0.4, 0.5) is 0 Å². The SMILES string of the molecule is Cc1ccc(Oc2cc3c4c(cc(Oc5ccc(C)cc5)c5c6c(Oc7ccc(C)cc7)cc7c8c(cc(Oc9ccc(C)cc9)c(c2c45)c86)C(=O)N(C(Cc2cccnc2)C(=O)OCCN(CC2CO2)CC2CO2)C7=O)C(=O)N(C(Cc2cccnc2)C(=O)OCCN(CC2CO2)CC2CO2)C3=O)cc1. The van der Waals surface area contributed by atoms with Gasteiger partial charge in [-0.1, -0.05) is 82.9 Å². The van der Waals surface area contributed by atoms with Gasteiger partial charge < -0.3 is 47.4 Å². The van der Waals surface area contributed by atoms with E-state index in [2.05, 4.69) is 19.8 Å². The van der Waals surface area contributed by atoms with Gasteiger partial charge in [0, 0.05) is 120 Å². The molecule has 9 aromatic carbocycles. The fraction of sp³-hybridized carbons (Fsp3) is 0.286. The Balaban J connectivity index is 0.911. The van der Waals surface area contributed by atoms with Gasteiger partial charge in [-0.25, -0.2) is 9.59 Å². The average molecular weight is 1420 g/mol. The number of carbonyl (C=O) groups is 6. The topological polar surface area (TPSA) is 247 Å². The molecule has 6 aliphatic rings.